The van der Waals surface area contributed by atoms with E-state index >= 15 is 0 Å². The van der Waals surface area contributed by atoms with Crippen LogP contribution in [0.2, 0.25) is 0 Å². The molecule has 6 heteroatoms. The number of benzene rings is 2. The fourth-order valence-corrected chi connectivity index (χ4v) is 4.54. The molecule has 0 saturated heterocycles. The highest BCUT2D eigenvalue weighted by Gasteiger charge is 2.40. The summed E-state index contributed by atoms with van der Waals surface area (Å²) in [5.74, 6) is 2.19. The molecule has 0 bridgehead atoms. The predicted octanol–water partition coefficient (Wildman–Crippen LogP) is 4.77. The molecule has 1 atom stereocenters. The van der Waals surface area contributed by atoms with Gasteiger partial charge in [-0.15, -0.1) is 0 Å². The van der Waals surface area contributed by atoms with Gasteiger partial charge in [0.25, 0.3) is 0 Å². The molecule has 2 aromatic rings. The molecular formula is C24H29NO5. The number of fused-ring (bicyclic) bond motifs is 2. The fraction of sp³-hybridized carbons (Fsp3) is 0.458. The average molecular weight is 411 g/mol. The van der Waals surface area contributed by atoms with Crippen LogP contribution in [0.15, 0.2) is 24.3 Å². The van der Waals surface area contributed by atoms with Crippen LogP contribution < -0.4 is 14.2 Å². The van der Waals surface area contributed by atoms with E-state index in [1.165, 1.54) is 5.56 Å². The van der Waals surface area contributed by atoms with Gasteiger partial charge < -0.3 is 23.8 Å². The Bertz CT molecular complexity index is 992. The van der Waals surface area contributed by atoms with Crippen molar-refractivity contribution >= 4 is 6.09 Å². The van der Waals surface area contributed by atoms with Crippen LogP contribution in [-0.4, -0.2) is 44.5 Å². The minimum absolute atomic E-state index is 0.127. The Kier molecular flexibility index (Phi) is 5.04. The predicted molar refractivity (Wildman–Crippen MR) is 115 cm³/mol. The van der Waals surface area contributed by atoms with E-state index < -0.39 is 5.60 Å². The van der Waals surface area contributed by atoms with Gasteiger partial charge in [0.2, 0.25) is 0 Å². The molecule has 2 aliphatic rings. The SMILES string of the molecule is COc1ccc2c(c1)CC1c3c(cc(OC)c(OC)c3-2)CCN1C(=O)OC(C)(C)C. The van der Waals surface area contributed by atoms with Crippen LogP contribution in [-0.2, 0) is 17.6 Å². The zero-order valence-electron chi connectivity index (χ0n) is 18.5. The number of rotatable bonds is 3. The second-order valence-corrected chi connectivity index (χ2v) is 8.73. The van der Waals surface area contributed by atoms with E-state index in [1.54, 1.807) is 21.3 Å². The second kappa shape index (κ2) is 7.42. The summed E-state index contributed by atoms with van der Waals surface area (Å²) >= 11 is 0. The van der Waals surface area contributed by atoms with Gasteiger partial charge in [-0.2, -0.15) is 0 Å². The minimum Gasteiger partial charge on any atom is -0.497 e. The Balaban J connectivity index is 1.91. The third-order valence-corrected chi connectivity index (χ3v) is 5.75. The standard InChI is InChI=1S/C24H29NO5/c1-24(2,3)30-23(26)25-10-9-14-13-19(28-5)22(29-6)21-17-8-7-16(27-4)11-15(17)12-18(25)20(14)21/h7-8,11,13,18H,9-10,12H2,1-6H3. The number of ether oxygens (including phenoxy) is 4. The maximum Gasteiger partial charge on any atom is 0.410 e. The lowest BCUT2D eigenvalue weighted by Crippen LogP contribution is -2.44. The van der Waals surface area contributed by atoms with Crippen molar-refractivity contribution < 1.29 is 23.7 Å². The van der Waals surface area contributed by atoms with Crippen LogP contribution in [0.4, 0.5) is 4.79 Å². The molecule has 4 rings (SSSR count). The zero-order chi connectivity index (χ0) is 21.6. The van der Waals surface area contributed by atoms with E-state index in [1.807, 2.05) is 43.9 Å². The zero-order valence-corrected chi connectivity index (χ0v) is 18.5. The van der Waals surface area contributed by atoms with Crippen molar-refractivity contribution in [1.82, 2.24) is 4.90 Å². The van der Waals surface area contributed by atoms with Gasteiger partial charge in [0, 0.05) is 12.1 Å². The van der Waals surface area contributed by atoms with Crippen LogP contribution in [0, 0.1) is 0 Å². The highest BCUT2D eigenvalue weighted by atomic mass is 16.6. The van der Waals surface area contributed by atoms with E-state index in [2.05, 4.69) is 6.07 Å². The monoisotopic (exact) mass is 411 g/mol. The van der Waals surface area contributed by atoms with Gasteiger partial charge >= 0.3 is 6.09 Å². The van der Waals surface area contributed by atoms with Crippen molar-refractivity contribution in [2.24, 2.45) is 0 Å². The van der Waals surface area contributed by atoms with Crippen molar-refractivity contribution in [3.8, 4) is 28.4 Å². The molecule has 1 amide bonds. The molecule has 1 aliphatic heterocycles. The molecule has 1 heterocycles. The van der Waals surface area contributed by atoms with Crippen molar-refractivity contribution in [3.05, 3.63) is 41.0 Å². The summed E-state index contributed by atoms with van der Waals surface area (Å²) in [6.45, 7) is 6.27. The maximum absolute atomic E-state index is 13.1. The first kappa shape index (κ1) is 20.4. The molecule has 1 aliphatic carbocycles. The van der Waals surface area contributed by atoms with Crippen molar-refractivity contribution in [2.75, 3.05) is 27.9 Å². The molecule has 0 spiro atoms. The highest BCUT2D eigenvalue weighted by molar-refractivity contribution is 5.85. The third kappa shape index (κ3) is 3.34. The minimum atomic E-state index is -0.548. The lowest BCUT2D eigenvalue weighted by Gasteiger charge is -2.42. The molecular weight excluding hydrogens is 382 g/mol. The van der Waals surface area contributed by atoms with E-state index in [-0.39, 0.29) is 12.1 Å². The van der Waals surface area contributed by atoms with E-state index in [0.29, 0.717) is 24.5 Å². The number of carbonyl (C=O) groups is 1. The van der Waals surface area contributed by atoms with Crippen LogP contribution in [0.3, 0.4) is 0 Å². The lowest BCUT2D eigenvalue weighted by molar-refractivity contribution is 0.0140. The molecule has 0 fully saturated rings. The van der Waals surface area contributed by atoms with Gasteiger partial charge in [-0.3, -0.25) is 0 Å². The normalized spacial score (nSPS) is 17.0. The smallest absolute Gasteiger partial charge is 0.410 e. The second-order valence-electron chi connectivity index (χ2n) is 8.73. The van der Waals surface area contributed by atoms with Gasteiger partial charge in [-0.1, -0.05) is 6.07 Å². The highest BCUT2D eigenvalue weighted by Crippen LogP contribution is 2.53. The Morgan fingerprint density at radius 1 is 1.03 bits per heavy atom. The summed E-state index contributed by atoms with van der Waals surface area (Å²) in [4.78, 5) is 14.9. The first-order chi connectivity index (χ1) is 14.3. The molecule has 0 N–H and O–H groups in total. The number of nitrogens with zero attached hydrogens (tertiary/aromatic N) is 1. The average Bonchev–Trinajstić information content (AvgIpc) is 2.71. The summed E-state index contributed by atoms with van der Waals surface area (Å²) in [6, 6.07) is 7.98. The van der Waals surface area contributed by atoms with Crippen molar-refractivity contribution in [2.45, 2.75) is 45.3 Å². The number of amides is 1. The largest absolute Gasteiger partial charge is 0.497 e. The van der Waals surface area contributed by atoms with Crippen LogP contribution in [0.5, 0.6) is 17.2 Å². The summed E-state index contributed by atoms with van der Waals surface area (Å²) in [6.07, 6.45) is 1.15. The summed E-state index contributed by atoms with van der Waals surface area (Å²) in [5.41, 5.74) is 4.96. The summed E-state index contributed by atoms with van der Waals surface area (Å²) in [5, 5.41) is 0. The van der Waals surface area contributed by atoms with Gasteiger partial charge in [0.1, 0.15) is 11.4 Å². The van der Waals surface area contributed by atoms with Crippen LogP contribution in [0.1, 0.15) is 43.5 Å². The molecule has 30 heavy (non-hydrogen) atoms. The van der Waals surface area contributed by atoms with E-state index in [0.717, 1.165) is 34.4 Å². The Morgan fingerprint density at radius 3 is 2.43 bits per heavy atom. The van der Waals surface area contributed by atoms with Crippen molar-refractivity contribution in [1.29, 1.82) is 0 Å². The first-order valence-corrected chi connectivity index (χ1v) is 10.2. The molecule has 0 radical (unpaired) electrons. The van der Waals surface area contributed by atoms with Crippen LogP contribution >= 0.6 is 0 Å². The maximum atomic E-state index is 13.1. The van der Waals surface area contributed by atoms with E-state index in [4.69, 9.17) is 18.9 Å². The topological polar surface area (TPSA) is 57.2 Å². The molecule has 6 nitrogen and oxygen atoms in total. The summed E-state index contributed by atoms with van der Waals surface area (Å²) in [7, 11) is 4.97. The Labute approximate surface area is 177 Å². The number of carbonyl (C=O) groups excluding carboxylic acids is 1. The molecule has 2 aromatic carbocycles. The van der Waals surface area contributed by atoms with Crippen LogP contribution in [0.25, 0.3) is 11.1 Å². The Hall–Kier alpha value is -2.89. The number of hydrogen-bond acceptors (Lipinski definition) is 5. The van der Waals surface area contributed by atoms with E-state index in [9.17, 15) is 4.79 Å². The Morgan fingerprint density at radius 2 is 1.80 bits per heavy atom. The summed E-state index contributed by atoms with van der Waals surface area (Å²) < 4.78 is 22.6. The molecule has 160 valence electrons. The molecule has 0 aromatic heterocycles. The molecule has 0 saturated carbocycles. The quantitative estimate of drug-likeness (QED) is 0.728. The molecule has 1 unspecified atom stereocenters. The van der Waals surface area contributed by atoms with Gasteiger partial charge in [-0.25, -0.2) is 4.79 Å². The first-order valence-electron chi connectivity index (χ1n) is 10.2. The fourth-order valence-electron chi connectivity index (χ4n) is 4.54. The van der Waals surface area contributed by atoms with Crippen molar-refractivity contribution in [3.63, 3.8) is 0 Å². The van der Waals surface area contributed by atoms with Gasteiger partial charge in [0.05, 0.1) is 27.4 Å². The van der Waals surface area contributed by atoms with Gasteiger partial charge in [0.15, 0.2) is 11.5 Å². The number of hydrogen-bond donors (Lipinski definition) is 0. The number of methoxy groups -OCH3 is 3. The lowest BCUT2D eigenvalue weighted by atomic mass is 9.76. The third-order valence-electron chi connectivity index (χ3n) is 5.75. The van der Waals surface area contributed by atoms with Gasteiger partial charge in [-0.05, 0) is 74.1 Å².